The Bertz CT molecular complexity index is 499. The Labute approximate surface area is 149 Å². The molecule has 0 spiro atoms. The standard InChI is InChI=1S/C17H30N4O4/c1-3-17(4-2)15(23)21(16(24)19-17)12-14(22)20-9-6-13(7-10-20)25-11-5-8-18/h13H,3-12,18H2,1-2H3,(H,19,24). The zero-order valence-corrected chi connectivity index (χ0v) is 15.3. The molecule has 8 heteroatoms. The van der Waals surface area contributed by atoms with Gasteiger partial charge < -0.3 is 20.7 Å². The highest BCUT2D eigenvalue weighted by molar-refractivity contribution is 6.08. The van der Waals surface area contributed by atoms with Crippen LogP contribution >= 0.6 is 0 Å². The third-order valence-electron chi connectivity index (χ3n) is 5.24. The molecule has 142 valence electrons. The SMILES string of the molecule is CCC1(CC)NC(=O)N(CC(=O)N2CCC(OCCCN)CC2)C1=O. The van der Waals surface area contributed by atoms with Gasteiger partial charge in [-0.15, -0.1) is 0 Å². The van der Waals surface area contributed by atoms with Crippen LogP contribution in [0.2, 0.25) is 0 Å². The molecule has 2 fully saturated rings. The third kappa shape index (κ3) is 4.30. The predicted molar refractivity (Wildman–Crippen MR) is 92.8 cm³/mol. The largest absolute Gasteiger partial charge is 0.378 e. The number of nitrogens with two attached hydrogens (primary N) is 1. The van der Waals surface area contributed by atoms with E-state index in [-0.39, 0.29) is 24.5 Å². The van der Waals surface area contributed by atoms with Gasteiger partial charge in [-0.25, -0.2) is 4.79 Å². The van der Waals surface area contributed by atoms with Crippen LogP contribution in [0.25, 0.3) is 0 Å². The van der Waals surface area contributed by atoms with Gasteiger partial charge in [-0.3, -0.25) is 14.5 Å². The molecule has 0 bridgehead atoms. The van der Waals surface area contributed by atoms with E-state index in [1.54, 1.807) is 4.90 Å². The average Bonchev–Trinajstić information content (AvgIpc) is 2.87. The quantitative estimate of drug-likeness (QED) is 0.486. The number of urea groups is 1. The van der Waals surface area contributed by atoms with Gasteiger partial charge in [0.25, 0.3) is 5.91 Å². The zero-order chi connectivity index (χ0) is 18.4. The molecule has 0 saturated carbocycles. The highest BCUT2D eigenvalue weighted by Gasteiger charge is 2.49. The Kier molecular flexibility index (Phi) is 6.78. The van der Waals surface area contributed by atoms with E-state index >= 15 is 0 Å². The number of hydrogen-bond acceptors (Lipinski definition) is 5. The van der Waals surface area contributed by atoms with E-state index in [1.165, 1.54) is 0 Å². The first-order valence-electron chi connectivity index (χ1n) is 9.21. The second-order valence-electron chi connectivity index (χ2n) is 6.70. The van der Waals surface area contributed by atoms with Crippen molar-refractivity contribution in [3.63, 3.8) is 0 Å². The molecule has 3 N–H and O–H groups in total. The van der Waals surface area contributed by atoms with Crippen molar-refractivity contribution in [3.05, 3.63) is 0 Å². The van der Waals surface area contributed by atoms with E-state index in [1.807, 2.05) is 13.8 Å². The molecule has 2 aliphatic heterocycles. The van der Waals surface area contributed by atoms with Crippen LogP contribution in [0.3, 0.4) is 0 Å². The second-order valence-corrected chi connectivity index (χ2v) is 6.70. The first-order valence-corrected chi connectivity index (χ1v) is 9.21. The Morgan fingerprint density at radius 2 is 1.92 bits per heavy atom. The van der Waals surface area contributed by atoms with E-state index in [9.17, 15) is 14.4 Å². The molecule has 0 aromatic rings. The minimum atomic E-state index is -0.860. The van der Waals surface area contributed by atoms with Crippen molar-refractivity contribution >= 4 is 17.8 Å². The summed E-state index contributed by atoms with van der Waals surface area (Å²) in [6.45, 7) is 5.97. The lowest BCUT2D eigenvalue weighted by Crippen LogP contribution is -2.48. The summed E-state index contributed by atoms with van der Waals surface area (Å²) >= 11 is 0. The van der Waals surface area contributed by atoms with Crippen LogP contribution in [0.5, 0.6) is 0 Å². The molecule has 2 aliphatic rings. The molecule has 2 rings (SSSR count). The van der Waals surface area contributed by atoms with Crippen molar-refractivity contribution in [1.29, 1.82) is 0 Å². The van der Waals surface area contributed by atoms with E-state index in [0.717, 1.165) is 24.2 Å². The Morgan fingerprint density at radius 3 is 2.44 bits per heavy atom. The first kappa shape index (κ1) is 19.7. The molecule has 0 radical (unpaired) electrons. The van der Waals surface area contributed by atoms with Gasteiger partial charge in [-0.05, 0) is 38.6 Å². The molecule has 0 unspecified atom stereocenters. The van der Waals surface area contributed by atoms with Gasteiger partial charge in [0.1, 0.15) is 12.1 Å². The Balaban J connectivity index is 1.85. The third-order valence-corrected chi connectivity index (χ3v) is 5.24. The van der Waals surface area contributed by atoms with Gasteiger partial charge in [-0.1, -0.05) is 13.8 Å². The monoisotopic (exact) mass is 354 g/mol. The van der Waals surface area contributed by atoms with Crippen LogP contribution in [0.4, 0.5) is 4.79 Å². The summed E-state index contributed by atoms with van der Waals surface area (Å²) in [4.78, 5) is 39.9. The van der Waals surface area contributed by atoms with Crippen LogP contribution in [-0.2, 0) is 14.3 Å². The normalized spacial score (nSPS) is 20.9. The number of rotatable bonds is 8. The van der Waals surface area contributed by atoms with Gasteiger partial charge in [0.05, 0.1) is 6.10 Å². The number of amides is 4. The summed E-state index contributed by atoms with van der Waals surface area (Å²) in [6, 6.07) is -0.470. The maximum atomic E-state index is 12.6. The lowest BCUT2D eigenvalue weighted by molar-refractivity contribution is -0.140. The number of nitrogens with zero attached hydrogens (tertiary/aromatic N) is 2. The summed E-state index contributed by atoms with van der Waals surface area (Å²) < 4.78 is 5.73. The van der Waals surface area contributed by atoms with Crippen LogP contribution in [0.1, 0.15) is 46.0 Å². The Hall–Kier alpha value is -1.67. The smallest absolute Gasteiger partial charge is 0.325 e. The molecule has 2 heterocycles. The van der Waals surface area contributed by atoms with Crippen molar-refractivity contribution in [3.8, 4) is 0 Å². The summed E-state index contributed by atoms with van der Waals surface area (Å²) in [6.07, 6.45) is 3.56. The highest BCUT2D eigenvalue weighted by Crippen LogP contribution is 2.25. The lowest BCUT2D eigenvalue weighted by Gasteiger charge is -2.32. The topological polar surface area (TPSA) is 105 Å². The number of hydrogen-bond donors (Lipinski definition) is 2. The maximum Gasteiger partial charge on any atom is 0.325 e. The van der Waals surface area contributed by atoms with Gasteiger partial charge in [-0.2, -0.15) is 0 Å². The summed E-state index contributed by atoms with van der Waals surface area (Å²) in [5, 5.41) is 2.75. The van der Waals surface area contributed by atoms with Gasteiger partial charge >= 0.3 is 6.03 Å². The molecule has 0 atom stereocenters. The maximum absolute atomic E-state index is 12.6. The number of piperidine rings is 1. The van der Waals surface area contributed by atoms with E-state index in [0.29, 0.717) is 39.1 Å². The molecule has 8 nitrogen and oxygen atoms in total. The zero-order valence-electron chi connectivity index (χ0n) is 15.3. The first-order chi connectivity index (χ1) is 12.0. The van der Waals surface area contributed by atoms with Crippen molar-refractivity contribution in [2.75, 3.05) is 32.8 Å². The van der Waals surface area contributed by atoms with E-state index < -0.39 is 11.6 Å². The highest BCUT2D eigenvalue weighted by atomic mass is 16.5. The summed E-state index contributed by atoms with van der Waals surface area (Å²) in [5.41, 5.74) is 4.59. The number of carbonyl (C=O) groups is 3. The number of imide groups is 1. The molecule has 2 saturated heterocycles. The van der Waals surface area contributed by atoms with E-state index in [4.69, 9.17) is 10.5 Å². The summed E-state index contributed by atoms with van der Waals surface area (Å²) in [5.74, 6) is -0.484. The van der Waals surface area contributed by atoms with E-state index in [2.05, 4.69) is 5.32 Å². The molecular weight excluding hydrogens is 324 g/mol. The van der Waals surface area contributed by atoms with Gasteiger partial charge in [0.2, 0.25) is 5.91 Å². The molecular formula is C17H30N4O4. The van der Waals surface area contributed by atoms with Crippen molar-refractivity contribution < 1.29 is 19.1 Å². The summed E-state index contributed by atoms with van der Waals surface area (Å²) in [7, 11) is 0. The fourth-order valence-corrected chi connectivity index (χ4v) is 3.39. The van der Waals surface area contributed by atoms with Crippen molar-refractivity contribution in [2.24, 2.45) is 5.73 Å². The molecule has 25 heavy (non-hydrogen) atoms. The van der Waals surface area contributed by atoms with Crippen molar-refractivity contribution in [2.45, 2.75) is 57.6 Å². The van der Waals surface area contributed by atoms with Crippen LogP contribution < -0.4 is 11.1 Å². The fourth-order valence-electron chi connectivity index (χ4n) is 3.39. The predicted octanol–water partition coefficient (Wildman–Crippen LogP) is 0.453. The minimum absolute atomic E-state index is 0.153. The molecule has 0 aromatic heterocycles. The number of likely N-dealkylation sites (tertiary alicyclic amines) is 1. The average molecular weight is 354 g/mol. The van der Waals surface area contributed by atoms with Crippen LogP contribution in [-0.4, -0.2) is 72.1 Å². The molecule has 0 aromatic carbocycles. The minimum Gasteiger partial charge on any atom is -0.378 e. The number of nitrogens with one attached hydrogen (secondary N) is 1. The lowest BCUT2D eigenvalue weighted by atomic mass is 9.93. The molecule has 0 aliphatic carbocycles. The fraction of sp³-hybridized carbons (Fsp3) is 0.824. The van der Waals surface area contributed by atoms with Crippen molar-refractivity contribution in [1.82, 2.24) is 15.1 Å². The Morgan fingerprint density at radius 1 is 1.28 bits per heavy atom. The second kappa shape index (κ2) is 8.62. The van der Waals surface area contributed by atoms with Crippen LogP contribution in [0.15, 0.2) is 0 Å². The number of carbonyl (C=O) groups excluding carboxylic acids is 3. The number of ether oxygens (including phenoxy) is 1. The van der Waals surface area contributed by atoms with Crippen LogP contribution in [0, 0.1) is 0 Å². The molecule has 4 amide bonds. The van der Waals surface area contributed by atoms with Gasteiger partial charge in [0.15, 0.2) is 0 Å². The van der Waals surface area contributed by atoms with Gasteiger partial charge in [0, 0.05) is 19.7 Å².